The molecular weight excluding hydrogens is 326 g/mol. The van der Waals surface area contributed by atoms with Gasteiger partial charge < -0.3 is 14.1 Å². The van der Waals surface area contributed by atoms with E-state index in [1.807, 2.05) is 35.2 Å². The quantitative estimate of drug-likeness (QED) is 0.810. The third kappa shape index (κ3) is 3.85. The van der Waals surface area contributed by atoms with Crippen LogP contribution in [0.4, 0.5) is 0 Å². The Hall–Kier alpha value is -2.07. The van der Waals surface area contributed by atoms with Gasteiger partial charge in [0.25, 0.3) is 0 Å². The van der Waals surface area contributed by atoms with E-state index >= 15 is 0 Å². The molecule has 2 aromatic rings. The number of hydrogen-bond donors (Lipinski definition) is 0. The molecule has 2 fully saturated rings. The summed E-state index contributed by atoms with van der Waals surface area (Å²) in [5.74, 6) is 1.21. The van der Waals surface area contributed by atoms with E-state index in [-0.39, 0.29) is 17.4 Å². The lowest BCUT2D eigenvalue weighted by Gasteiger charge is -2.39. The number of ether oxygens (including phenoxy) is 1. The number of benzene rings is 1. The monoisotopic (exact) mass is 353 g/mol. The number of furan rings is 1. The van der Waals surface area contributed by atoms with Crippen molar-refractivity contribution in [3.8, 4) is 0 Å². The summed E-state index contributed by atoms with van der Waals surface area (Å²) in [6.07, 6.45) is 7.27. The SMILES string of the molecule is O=C(CC(Cc1ccccc1)c1ccco1)N1CCC2(CCCO2)CC1. The Morgan fingerprint density at radius 1 is 1.08 bits per heavy atom. The Morgan fingerprint density at radius 3 is 2.54 bits per heavy atom. The van der Waals surface area contributed by atoms with Crippen LogP contribution in [0.5, 0.6) is 0 Å². The van der Waals surface area contributed by atoms with Crippen molar-refractivity contribution in [2.24, 2.45) is 0 Å². The van der Waals surface area contributed by atoms with Crippen molar-refractivity contribution in [2.45, 2.75) is 50.0 Å². The van der Waals surface area contributed by atoms with E-state index in [1.54, 1.807) is 6.26 Å². The van der Waals surface area contributed by atoms with Gasteiger partial charge >= 0.3 is 0 Å². The van der Waals surface area contributed by atoms with Crippen LogP contribution in [-0.2, 0) is 16.0 Å². The Labute approximate surface area is 155 Å². The molecule has 1 spiro atoms. The van der Waals surface area contributed by atoms with E-state index in [4.69, 9.17) is 9.15 Å². The first-order valence-electron chi connectivity index (χ1n) is 9.73. The van der Waals surface area contributed by atoms with E-state index in [9.17, 15) is 4.79 Å². The fraction of sp³-hybridized carbons (Fsp3) is 0.500. The molecule has 4 nitrogen and oxygen atoms in total. The second kappa shape index (κ2) is 7.67. The van der Waals surface area contributed by atoms with Crippen LogP contribution in [0.2, 0.25) is 0 Å². The highest BCUT2D eigenvalue weighted by Crippen LogP contribution is 2.36. The molecule has 4 heteroatoms. The number of carbonyl (C=O) groups is 1. The van der Waals surface area contributed by atoms with Crippen LogP contribution in [0, 0.1) is 0 Å². The minimum Gasteiger partial charge on any atom is -0.469 e. The van der Waals surface area contributed by atoms with Gasteiger partial charge in [-0.25, -0.2) is 0 Å². The molecule has 1 aromatic carbocycles. The molecule has 2 saturated heterocycles. The van der Waals surface area contributed by atoms with E-state index in [0.29, 0.717) is 6.42 Å². The Balaban J connectivity index is 1.40. The zero-order chi connectivity index (χ0) is 17.8. The second-order valence-electron chi connectivity index (χ2n) is 7.62. The Bertz CT molecular complexity index is 694. The number of piperidine rings is 1. The van der Waals surface area contributed by atoms with Crippen molar-refractivity contribution >= 4 is 5.91 Å². The average Bonchev–Trinajstić information content (AvgIpc) is 3.35. The van der Waals surface area contributed by atoms with Gasteiger partial charge in [0, 0.05) is 32.0 Å². The third-order valence-corrected chi connectivity index (χ3v) is 5.90. The first kappa shape index (κ1) is 17.3. The highest BCUT2D eigenvalue weighted by molar-refractivity contribution is 5.77. The van der Waals surface area contributed by atoms with Crippen molar-refractivity contribution in [3.63, 3.8) is 0 Å². The van der Waals surface area contributed by atoms with E-state index in [2.05, 4.69) is 12.1 Å². The highest BCUT2D eigenvalue weighted by Gasteiger charge is 2.39. The number of carbonyl (C=O) groups excluding carboxylic acids is 1. The van der Waals surface area contributed by atoms with E-state index in [1.165, 1.54) is 5.56 Å². The third-order valence-electron chi connectivity index (χ3n) is 5.90. The van der Waals surface area contributed by atoms with Gasteiger partial charge in [-0.05, 0) is 49.8 Å². The fourth-order valence-electron chi connectivity index (χ4n) is 4.35. The second-order valence-corrected chi connectivity index (χ2v) is 7.62. The van der Waals surface area contributed by atoms with Crippen LogP contribution >= 0.6 is 0 Å². The van der Waals surface area contributed by atoms with Crippen LogP contribution in [0.25, 0.3) is 0 Å². The van der Waals surface area contributed by atoms with E-state index < -0.39 is 0 Å². The van der Waals surface area contributed by atoms with Crippen LogP contribution in [0.3, 0.4) is 0 Å². The standard InChI is InChI=1S/C22H27NO3/c24-21(23-12-10-22(11-13-23)9-5-15-26-22)17-19(20-8-4-14-25-20)16-18-6-2-1-3-7-18/h1-4,6-8,14,19H,5,9-13,15-17H2. The average molecular weight is 353 g/mol. The van der Waals surface area contributed by atoms with Crippen LogP contribution < -0.4 is 0 Å². The zero-order valence-corrected chi connectivity index (χ0v) is 15.2. The summed E-state index contributed by atoms with van der Waals surface area (Å²) in [5.41, 5.74) is 1.29. The summed E-state index contributed by atoms with van der Waals surface area (Å²) in [7, 11) is 0. The molecule has 1 unspecified atom stereocenters. The van der Waals surface area contributed by atoms with Crippen molar-refractivity contribution in [1.29, 1.82) is 0 Å². The normalized spacial score (nSPS) is 20.4. The summed E-state index contributed by atoms with van der Waals surface area (Å²) in [5, 5.41) is 0. The number of nitrogens with zero attached hydrogens (tertiary/aromatic N) is 1. The van der Waals surface area contributed by atoms with E-state index in [0.717, 1.165) is 57.6 Å². The molecule has 1 atom stereocenters. The Morgan fingerprint density at radius 2 is 1.88 bits per heavy atom. The predicted octanol–water partition coefficient (Wildman–Crippen LogP) is 4.17. The summed E-state index contributed by atoms with van der Waals surface area (Å²) >= 11 is 0. The van der Waals surface area contributed by atoms with Crippen molar-refractivity contribution in [1.82, 2.24) is 4.90 Å². The van der Waals surface area contributed by atoms with Gasteiger partial charge in [-0.1, -0.05) is 30.3 Å². The largest absolute Gasteiger partial charge is 0.469 e. The minimum atomic E-state index is 0.0568. The van der Waals surface area contributed by atoms with Gasteiger partial charge in [0.05, 0.1) is 11.9 Å². The zero-order valence-electron chi connectivity index (χ0n) is 15.2. The molecule has 26 heavy (non-hydrogen) atoms. The smallest absolute Gasteiger partial charge is 0.223 e. The molecule has 2 aliphatic heterocycles. The number of hydrogen-bond acceptors (Lipinski definition) is 3. The van der Waals surface area contributed by atoms with Gasteiger partial charge in [0.2, 0.25) is 5.91 Å². The summed E-state index contributed by atoms with van der Waals surface area (Å²) < 4.78 is 11.6. The number of rotatable bonds is 5. The van der Waals surface area contributed by atoms with Gasteiger partial charge in [0.15, 0.2) is 0 Å². The number of likely N-dealkylation sites (tertiary alicyclic amines) is 1. The maximum atomic E-state index is 12.9. The summed E-state index contributed by atoms with van der Waals surface area (Å²) in [6, 6.07) is 14.2. The lowest BCUT2D eigenvalue weighted by Crippen LogP contribution is -2.46. The minimum absolute atomic E-state index is 0.0568. The predicted molar refractivity (Wildman–Crippen MR) is 99.9 cm³/mol. The van der Waals surface area contributed by atoms with Gasteiger partial charge in [-0.15, -0.1) is 0 Å². The van der Waals surface area contributed by atoms with Crippen LogP contribution in [0.15, 0.2) is 53.1 Å². The van der Waals surface area contributed by atoms with Crippen LogP contribution in [-0.4, -0.2) is 36.1 Å². The molecule has 0 N–H and O–H groups in total. The maximum Gasteiger partial charge on any atom is 0.223 e. The van der Waals surface area contributed by atoms with Crippen molar-refractivity contribution in [2.75, 3.05) is 19.7 Å². The molecule has 1 aromatic heterocycles. The summed E-state index contributed by atoms with van der Waals surface area (Å²) in [6.45, 7) is 2.51. The number of amides is 1. The van der Waals surface area contributed by atoms with Gasteiger partial charge in [-0.3, -0.25) is 4.79 Å². The molecule has 0 radical (unpaired) electrons. The van der Waals surface area contributed by atoms with Crippen molar-refractivity contribution < 1.29 is 13.9 Å². The Kier molecular flexibility index (Phi) is 5.11. The fourth-order valence-corrected chi connectivity index (χ4v) is 4.35. The van der Waals surface area contributed by atoms with Gasteiger partial charge in [-0.2, -0.15) is 0 Å². The molecule has 0 bridgehead atoms. The molecule has 0 saturated carbocycles. The van der Waals surface area contributed by atoms with Crippen LogP contribution in [0.1, 0.15) is 49.3 Å². The maximum absolute atomic E-state index is 12.9. The lowest BCUT2D eigenvalue weighted by molar-refractivity contribution is -0.136. The first-order chi connectivity index (χ1) is 12.7. The van der Waals surface area contributed by atoms with Crippen molar-refractivity contribution in [3.05, 3.63) is 60.1 Å². The molecule has 2 aliphatic rings. The molecule has 138 valence electrons. The lowest BCUT2D eigenvalue weighted by atomic mass is 9.88. The highest BCUT2D eigenvalue weighted by atomic mass is 16.5. The first-order valence-corrected chi connectivity index (χ1v) is 9.73. The topological polar surface area (TPSA) is 42.7 Å². The molecule has 3 heterocycles. The molecule has 0 aliphatic carbocycles. The van der Waals surface area contributed by atoms with Gasteiger partial charge in [0.1, 0.15) is 5.76 Å². The molecule has 4 rings (SSSR count). The molecular formula is C22H27NO3. The molecule has 1 amide bonds. The summed E-state index contributed by atoms with van der Waals surface area (Å²) in [4.78, 5) is 15.0.